The van der Waals surface area contributed by atoms with E-state index in [4.69, 9.17) is 9.72 Å². The molecule has 0 unspecified atom stereocenters. The number of aliphatic hydroxyl groups is 2. The molecule has 1 saturated carbocycles. The molecule has 4 N–H and O–H groups in total. The summed E-state index contributed by atoms with van der Waals surface area (Å²) >= 11 is 0. The van der Waals surface area contributed by atoms with Crippen molar-refractivity contribution in [3.05, 3.63) is 35.9 Å². The van der Waals surface area contributed by atoms with Crippen LogP contribution in [0.2, 0.25) is 0 Å². The van der Waals surface area contributed by atoms with E-state index >= 15 is 0 Å². The SMILES string of the molecule is CC(C)(CCO)Nc1ccc(C(=O)Nc2cccc(N3CCO[C@H](CO)C3)n2)c(N2CCC3(CC2)CC3)n1. The van der Waals surface area contributed by atoms with E-state index < -0.39 is 0 Å². The number of amides is 1. The van der Waals surface area contributed by atoms with E-state index in [1.54, 1.807) is 6.07 Å². The Morgan fingerprint density at radius 3 is 2.55 bits per heavy atom. The molecule has 2 aromatic heterocycles. The van der Waals surface area contributed by atoms with Crippen molar-refractivity contribution in [1.29, 1.82) is 0 Å². The third-order valence-corrected chi connectivity index (χ3v) is 8.05. The highest BCUT2D eigenvalue weighted by Gasteiger charge is 2.45. The molecule has 206 valence electrons. The van der Waals surface area contributed by atoms with Gasteiger partial charge < -0.3 is 35.4 Å². The van der Waals surface area contributed by atoms with Crippen LogP contribution in [0.15, 0.2) is 30.3 Å². The zero-order valence-corrected chi connectivity index (χ0v) is 22.4. The van der Waals surface area contributed by atoms with Gasteiger partial charge in [-0.2, -0.15) is 0 Å². The monoisotopic (exact) mass is 524 g/mol. The average Bonchev–Trinajstić information content (AvgIpc) is 3.67. The quantitative estimate of drug-likeness (QED) is 0.392. The van der Waals surface area contributed by atoms with Crippen LogP contribution in [0.25, 0.3) is 0 Å². The van der Waals surface area contributed by atoms with Crippen LogP contribution >= 0.6 is 0 Å². The molecule has 2 aromatic rings. The summed E-state index contributed by atoms with van der Waals surface area (Å²) in [6.07, 6.45) is 5.21. The predicted molar refractivity (Wildman–Crippen MR) is 148 cm³/mol. The second-order valence-electron chi connectivity index (χ2n) is 11.5. The minimum absolute atomic E-state index is 0.0393. The van der Waals surface area contributed by atoms with Gasteiger partial charge in [-0.05, 0) is 75.6 Å². The standard InChI is InChI=1S/C28H40N6O4/c1-27(2,12-16-35)32-23-7-6-21(25(30-23)33-13-10-28(8-9-28)11-14-33)26(37)31-22-4-3-5-24(29-22)34-15-17-38-20(18-34)19-36/h3-7,20,35-36H,8-19H2,1-2H3,(H,30,32)(H,29,31,37)/t20-/m0/s1. The summed E-state index contributed by atoms with van der Waals surface area (Å²) in [5, 5.41) is 25.3. The number of carbonyl (C=O) groups is 1. The maximum absolute atomic E-state index is 13.6. The Morgan fingerprint density at radius 2 is 1.84 bits per heavy atom. The number of ether oxygens (including phenoxy) is 1. The molecule has 3 aliphatic rings. The normalized spacial score (nSPS) is 20.9. The fourth-order valence-corrected chi connectivity index (χ4v) is 5.39. The van der Waals surface area contributed by atoms with Crippen molar-refractivity contribution in [3.8, 4) is 0 Å². The van der Waals surface area contributed by atoms with Gasteiger partial charge in [0.15, 0.2) is 0 Å². The zero-order chi connectivity index (χ0) is 26.8. The third kappa shape index (κ3) is 6.19. The maximum Gasteiger partial charge on any atom is 0.260 e. The second-order valence-corrected chi connectivity index (χ2v) is 11.5. The van der Waals surface area contributed by atoms with Crippen molar-refractivity contribution in [3.63, 3.8) is 0 Å². The molecule has 10 heteroatoms. The molecule has 1 amide bonds. The molecule has 1 aliphatic carbocycles. The number of nitrogens with one attached hydrogen (secondary N) is 2. The summed E-state index contributed by atoms with van der Waals surface area (Å²) in [5.74, 6) is 2.32. The van der Waals surface area contributed by atoms with E-state index in [1.807, 2.05) is 38.1 Å². The van der Waals surface area contributed by atoms with Gasteiger partial charge in [0.05, 0.1) is 24.9 Å². The van der Waals surface area contributed by atoms with Crippen LogP contribution < -0.4 is 20.4 Å². The minimum atomic E-state index is -0.332. The molecular weight excluding hydrogens is 484 g/mol. The van der Waals surface area contributed by atoms with E-state index in [-0.39, 0.29) is 30.8 Å². The third-order valence-electron chi connectivity index (χ3n) is 8.05. The molecule has 3 fully saturated rings. The first-order chi connectivity index (χ1) is 18.3. The van der Waals surface area contributed by atoms with Gasteiger partial charge in [0.2, 0.25) is 0 Å². The van der Waals surface area contributed by atoms with Crippen LogP contribution in [-0.2, 0) is 4.74 Å². The minimum Gasteiger partial charge on any atom is -0.396 e. The van der Waals surface area contributed by atoms with Gasteiger partial charge in [-0.1, -0.05) is 6.07 Å². The highest BCUT2D eigenvalue weighted by molar-refractivity contribution is 6.07. The Hall–Kier alpha value is -2.95. The first-order valence-corrected chi connectivity index (χ1v) is 13.7. The zero-order valence-electron chi connectivity index (χ0n) is 22.4. The summed E-state index contributed by atoms with van der Waals surface area (Å²) in [6.45, 7) is 7.60. The Morgan fingerprint density at radius 1 is 1.05 bits per heavy atom. The summed E-state index contributed by atoms with van der Waals surface area (Å²) < 4.78 is 5.55. The van der Waals surface area contributed by atoms with Gasteiger partial charge in [0, 0.05) is 38.3 Å². The van der Waals surface area contributed by atoms with Gasteiger partial charge in [-0.3, -0.25) is 4.79 Å². The van der Waals surface area contributed by atoms with E-state index in [9.17, 15) is 15.0 Å². The lowest BCUT2D eigenvalue weighted by atomic mass is 9.93. The van der Waals surface area contributed by atoms with Gasteiger partial charge in [0.1, 0.15) is 23.3 Å². The second kappa shape index (κ2) is 11.0. The van der Waals surface area contributed by atoms with E-state index in [0.717, 1.165) is 31.7 Å². The van der Waals surface area contributed by atoms with Crippen molar-refractivity contribution in [2.75, 3.05) is 66.4 Å². The largest absolute Gasteiger partial charge is 0.396 e. The van der Waals surface area contributed by atoms with Gasteiger partial charge in [-0.15, -0.1) is 0 Å². The summed E-state index contributed by atoms with van der Waals surface area (Å²) in [6, 6.07) is 9.21. The molecule has 10 nitrogen and oxygen atoms in total. The predicted octanol–water partition coefficient (Wildman–Crippen LogP) is 2.88. The Balaban J connectivity index is 1.36. The first-order valence-electron chi connectivity index (χ1n) is 13.7. The number of hydrogen-bond donors (Lipinski definition) is 4. The number of carbonyl (C=O) groups excluding carboxylic acids is 1. The van der Waals surface area contributed by atoms with E-state index in [0.29, 0.717) is 54.5 Å². The molecular formula is C28H40N6O4. The fraction of sp³-hybridized carbons (Fsp3) is 0.607. The Bertz CT molecular complexity index is 1130. The molecule has 38 heavy (non-hydrogen) atoms. The number of morpholine rings is 1. The molecule has 0 radical (unpaired) electrons. The number of nitrogens with zero attached hydrogens (tertiary/aromatic N) is 4. The van der Waals surface area contributed by atoms with Gasteiger partial charge >= 0.3 is 0 Å². The number of rotatable bonds is 9. The number of aliphatic hydroxyl groups excluding tert-OH is 2. The molecule has 1 spiro atoms. The molecule has 5 rings (SSSR count). The van der Waals surface area contributed by atoms with E-state index in [2.05, 4.69) is 25.4 Å². The van der Waals surface area contributed by atoms with Crippen LogP contribution in [-0.4, -0.2) is 83.7 Å². The van der Waals surface area contributed by atoms with Crippen LogP contribution in [0.5, 0.6) is 0 Å². The number of anilines is 4. The lowest BCUT2D eigenvalue weighted by Crippen LogP contribution is -2.44. The summed E-state index contributed by atoms with van der Waals surface area (Å²) in [7, 11) is 0. The Labute approximate surface area is 224 Å². The van der Waals surface area contributed by atoms with Crippen molar-refractivity contribution in [2.24, 2.45) is 5.41 Å². The topological polar surface area (TPSA) is 123 Å². The lowest BCUT2D eigenvalue weighted by molar-refractivity contribution is 0.00337. The van der Waals surface area contributed by atoms with Crippen LogP contribution in [0.1, 0.15) is 56.3 Å². The van der Waals surface area contributed by atoms with Crippen molar-refractivity contribution in [2.45, 2.75) is 57.6 Å². The van der Waals surface area contributed by atoms with Gasteiger partial charge in [-0.25, -0.2) is 9.97 Å². The number of aromatic nitrogens is 2. The first kappa shape index (κ1) is 26.6. The van der Waals surface area contributed by atoms with E-state index in [1.165, 1.54) is 12.8 Å². The maximum atomic E-state index is 13.6. The number of piperidine rings is 1. The molecule has 0 aromatic carbocycles. The van der Waals surface area contributed by atoms with Crippen LogP contribution in [0.4, 0.5) is 23.3 Å². The lowest BCUT2D eigenvalue weighted by Gasteiger charge is -2.34. The molecule has 2 aliphatic heterocycles. The summed E-state index contributed by atoms with van der Waals surface area (Å²) in [4.78, 5) is 27.4. The van der Waals surface area contributed by atoms with Crippen molar-refractivity contribution in [1.82, 2.24) is 9.97 Å². The molecule has 0 bridgehead atoms. The molecule has 4 heterocycles. The molecule has 1 atom stereocenters. The number of hydrogen-bond acceptors (Lipinski definition) is 9. The van der Waals surface area contributed by atoms with Gasteiger partial charge in [0.25, 0.3) is 5.91 Å². The Kier molecular flexibility index (Phi) is 7.74. The summed E-state index contributed by atoms with van der Waals surface area (Å²) in [5.41, 5.74) is 0.694. The van der Waals surface area contributed by atoms with Crippen molar-refractivity contribution < 1.29 is 19.7 Å². The highest BCUT2D eigenvalue weighted by Crippen LogP contribution is 2.54. The smallest absolute Gasteiger partial charge is 0.260 e. The average molecular weight is 525 g/mol. The van der Waals surface area contributed by atoms with Crippen LogP contribution in [0.3, 0.4) is 0 Å². The van der Waals surface area contributed by atoms with Crippen LogP contribution in [0, 0.1) is 5.41 Å². The molecule has 2 saturated heterocycles. The highest BCUT2D eigenvalue weighted by atomic mass is 16.5. The fourth-order valence-electron chi connectivity index (χ4n) is 5.39. The number of pyridine rings is 2. The van der Waals surface area contributed by atoms with Crippen molar-refractivity contribution >= 4 is 29.2 Å².